The van der Waals surface area contributed by atoms with E-state index in [1.165, 1.54) is 0 Å². The largest absolute Gasteiger partial charge is 0.393 e. The molecule has 1 aliphatic rings. The van der Waals surface area contributed by atoms with Crippen molar-refractivity contribution in [3.8, 4) is 0 Å². The predicted molar refractivity (Wildman–Crippen MR) is 74.4 cm³/mol. The Bertz CT molecular complexity index is 448. The van der Waals surface area contributed by atoms with Crippen molar-refractivity contribution in [2.75, 3.05) is 11.4 Å². The molecule has 0 spiro atoms. The summed E-state index contributed by atoms with van der Waals surface area (Å²) in [6.45, 7) is 2.59. The molecule has 0 radical (unpaired) electrons. The lowest BCUT2D eigenvalue weighted by molar-refractivity contribution is -0.384. The van der Waals surface area contributed by atoms with E-state index in [0.29, 0.717) is 12.1 Å². The van der Waals surface area contributed by atoms with Crippen LogP contribution >= 0.6 is 0 Å². The molecule has 1 heterocycles. The lowest BCUT2D eigenvalue weighted by atomic mass is 9.96. The van der Waals surface area contributed by atoms with Crippen LogP contribution in [0.5, 0.6) is 0 Å². The molecule has 1 aromatic rings. The van der Waals surface area contributed by atoms with Crippen LogP contribution < -0.4 is 4.90 Å². The molecule has 1 saturated heterocycles. The van der Waals surface area contributed by atoms with Crippen molar-refractivity contribution in [2.45, 2.75) is 44.8 Å². The fourth-order valence-corrected chi connectivity index (χ4v) is 2.82. The Balaban J connectivity index is 2.29. The average Bonchev–Trinajstić information content (AvgIpc) is 2.38. The third-order valence-corrected chi connectivity index (χ3v) is 3.63. The molecule has 5 heteroatoms. The Morgan fingerprint density at radius 2 is 2.21 bits per heavy atom. The van der Waals surface area contributed by atoms with Gasteiger partial charge in [-0.15, -0.1) is 0 Å². The lowest BCUT2D eigenvalue weighted by Crippen LogP contribution is -2.41. The molecule has 2 atom stereocenters. The minimum atomic E-state index is -0.381. The molecule has 1 N–H and O–H groups in total. The molecule has 0 unspecified atom stereocenters. The van der Waals surface area contributed by atoms with Crippen LogP contribution in [0.3, 0.4) is 0 Å². The van der Waals surface area contributed by atoms with Gasteiger partial charge < -0.3 is 10.0 Å². The zero-order valence-corrected chi connectivity index (χ0v) is 11.2. The van der Waals surface area contributed by atoms with Crippen LogP contribution in [0.15, 0.2) is 24.3 Å². The van der Waals surface area contributed by atoms with Crippen molar-refractivity contribution < 1.29 is 10.0 Å². The van der Waals surface area contributed by atoms with Crippen molar-refractivity contribution >= 4 is 11.4 Å². The monoisotopic (exact) mass is 264 g/mol. The molecule has 0 aliphatic carbocycles. The summed E-state index contributed by atoms with van der Waals surface area (Å²) in [4.78, 5) is 12.9. The van der Waals surface area contributed by atoms with E-state index in [4.69, 9.17) is 0 Å². The fraction of sp³-hybridized carbons (Fsp3) is 0.571. The first-order valence-corrected chi connectivity index (χ1v) is 6.77. The van der Waals surface area contributed by atoms with E-state index in [0.717, 1.165) is 25.8 Å². The zero-order valence-electron chi connectivity index (χ0n) is 11.2. The van der Waals surface area contributed by atoms with Crippen LogP contribution in [0.4, 0.5) is 11.4 Å². The van der Waals surface area contributed by atoms with Crippen molar-refractivity contribution in [1.82, 2.24) is 0 Å². The Morgan fingerprint density at radius 1 is 1.47 bits per heavy atom. The molecule has 5 nitrogen and oxygen atoms in total. The highest BCUT2D eigenvalue weighted by Crippen LogP contribution is 2.33. The molecule has 0 aromatic heterocycles. The number of hydrogen-bond acceptors (Lipinski definition) is 4. The van der Waals surface area contributed by atoms with Gasteiger partial charge >= 0.3 is 0 Å². The second-order valence-corrected chi connectivity index (χ2v) is 5.17. The summed E-state index contributed by atoms with van der Waals surface area (Å²) in [6, 6.07) is 7.06. The topological polar surface area (TPSA) is 66.6 Å². The molecular weight excluding hydrogens is 244 g/mol. The number of para-hydroxylation sites is 2. The molecule has 2 rings (SSSR count). The van der Waals surface area contributed by atoms with E-state index in [1.807, 2.05) is 6.07 Å². The number of nitro groups is 1. The van der Waals surface area contributed by atoms with Crippen LogP contribution in [0, 0.1) is 10.1 Å². The highest BCUT2D eigenvalue weighted by Gasteiger charge is 2.28. The Labute approximate surface area is 113 Å². The standard InChI is InChI=1S/C14H20N2O3/c1-11(17)10-12-6-4-5-9-15(12)13-7-2-3-8-14(13)16(18)19/h2-3,7-8,11-12,17H,4-6,9-10H2,1H3/t11-,12+/m0/s1. The van der Waals surface area contributed by atoms with E-state index in [-0.39, 0.29) is 22.8 Å². The Kier molecular flexibility index (Phi) is 4.37. The van der Waals surface area contributed by atoms with E-state index < -0.39 is 0 Å². The second kappa shape index (κ2) is 6.02. The summed E-state index contributed by atoms with van der Waals surface area (Å²) in [5.41, 5.74) is 0.831. The van der Waals surface area contributed by atoms with Gasteiger partial charge in [-0.1, -0.05) is 12.1 Å². The number of anilines is 1. The summed E-state index contributed by atoms with van der Waals surface area (Å²) in [5.74, 6) is 0. The van der Waals surface area contributed by atoms with Gasteiger partial charge in [0.2, 0.25) is 0 Å². The summed E-state index contributed by atoms with van der Waals surface area (Å²) < 4.78 is 0. The number of nitro benzene ring substituents is 1. The van der Waals surface area contributed by atoms with Gasteiger partial charge in [-0.05, 0) is 38.7 Å². The van der Waals surface area contributed by atoms with E-state index in [9.17, 15) is 15.2 Å². The highest BCUT2D eigenvalue weighted by atomic mass is 16.6. The van der Waals surface area contributed by atoms with Crippen molar-refractivity contribution in [2.24, 2.45) is 0 Å². The number of benzene rings is 1. The van der Waals surface area contributed by atoms with Gasteiger partial charge in [0.05, 0.1) is 11.0 Å². The number of aliphatic hydroxyl groups excluding tert-OH is 1. The number of aliphatic hydroxyl groups is 1. The normalized spacial score (nSPS) is 21.2. The van der Waals surface area contributed by atoms with Crippen LogP contribution in [0.1, 0.15) is 32.6 Å². The maximum atomic E-state index is 11.1. The number of piperidine rings is 1. The molecule has 1 fully saturated rings. The second-order valence-electron chi connectivity index (χ2n) is 5.17. The van der Waals surface area contributed by atoms with Gasteiger partial charge in [0.15, 0.2) is 0 Å². The molecule has 0 bridgehead atoms. The van der Waals surface area contributed by atoms with Gasteiger partial charge in [0, 0.05) is 18.7 Å². The van der Waals surface area contributed by atoms with Gasteiger partial charge in [-0.3, -0.25) is 10.1 Å². The molecule has 0 saturated carbocycles. The van der Waals surface area contributed by atoms with Gasteiger partial charge in [0.25, 0.3) is 5.69 Å². The van der Waals surface area contributed by atoms with E-state index in [1.54, 1.807) is 25.1 Å². The van der Waals surface area contributed by atoms with Crippen molar-refractivity contribution in [1.29, 1.82) is 0 Å². The molecule has 0 amide bonds. The van der Waals surface area contributed by atoms with Crippen LogP contribution in [-0.4, -0.2) is 28.7 Å². The van der Waals surface area contributed by atoms with Crippen LogP contribution in [0.2, 0.25) is 0 Å². The number of rotatable bonds is 4. The summed E-state index contributed by atoms with van der Waals surface area (Å²) in [6.07, 6.45) is 3.42. The van der Waals surface area contributed by atoms with Gasteiger partial charge in [0.1, 0.15) is 5.69 Å². The maximum Gasteiger partial charge on any atom is 0.292 e. The molecule has 19 heavy (non-hydrogen) atoms. The first-order valence-electron chi connectivity index (χ1n) is 6.77. The maximum absolute atomic E-state index is 11.1. The number of hydrogen-bond donors (Lipinski definition) is 1. The van der Waals surface area contributed by atoms with E-state index >= 15 is 0 Å². The minimum Gasteiger partial charge on any atom is -0.393 e. The quantitative estimate of drug-likeness (QED) is 0.670. The first kappa shape index (κ1) is 13.8. The Hall–Kier alpha value is -1.62. The number of nitrogens with zero attached hydrogens (tertiary/aromatic N) is 2. The van der Waals surface area contributed by atoms with E-state index in [2.05, 4.69) is 4.90 Å². The predicted octanol–water partition coefficient (Wildman–Crippen LogP) is 2.72. The lowest BCUT2D eigenvalue weighted by Gasteiger charge is -2.37. The van der Waals surface area contributed by atoms with Gasteiger partial charge in [-0.25, -0.2) is 0 Å². The van der Waals surface area contributed by atoms with Crippen LogP contribution in [-0.2, 0) is 0 Å². The summed E-state index contributed by atoms with van der Waals surface area (Å²) in [7, 11) is 0. The fourth-order valence-electron chi connectivity index (χ4n) is 2.82. The molecular formula is C14H20N2O3. The van der Waals surface area contributed by atoms with Crippen molar-refractivity contribution in [3.05, 3.63) is 34.4 Å². The third-order valence-electron chi connectivity index (χ3n) is 3.63. The molecule has 1 aliphatic heterocycles. The van der Waals surface area contributed by atoms with Crippen molar-refractivity contribution in [3.63, 3.8) is 0 Å². The first-order chi connectivity index (χ1) is 9.09. The Morgan fingerprint density at radius 3 is 2.89 bits per heavy atom. The van der Waals surface area contributed by atoms with Crippen LogP contribution in [0.25, 0.3) is 0 Å². The average molecular weight is 264 g/mol. The minimum absolute atomic E-state index is 0.153. The smallest absolute Gasteiger partial charge is 0.292 e. The molecule has 104 valence electrons. The zero-order chi connectivity index (χ0) is 13.8. The summed E-state index contributed by atoms with van der Waals surface area (Å²) in [5, 5.41) is 20.7. The highest BCUT2D eigenvalue weighted by molar-refractivity contribution is 5.63. The SMILES string of the molecule is C[C@H](O)C[C@H]1CCCCN1c1ccccc1[N+](=O)[O-]. The van der Waals surface area contributed by atoms with Gasteiger partial charge in [-0.2, -0.15) is 0 Å². The molecule has 1 aromatic carbocycles. The third kappa shape index (κ3) is 3.23. The summed E-state index contributed by atoms with van der Waals surface area (Å²) >= 11 is 0.